The molecule has 0 saturated carbocycles. The van der Waals surface area contributed by atoms with E-state index in [0.29, 0.717) is 27.8 Å². The number of rotatable bonds is 10. The minimum absolute atomic E-state index is 0.214. The highest BCUT2D eigenvalue weighted by atomic mass is 32.2. The molecule has 6 aromatic rings. The number of fused-ring (bicyclic) bond motifs is 2. The summed E-state index contributed by atoms with van der Waals surface area (Å²) in [5.41, 5.74) is 15.5. The summed E-state index contributed by atoms with van der Waals surface area (Å²) in [6, 6.07) is 29.6. The van der Waals surface area contributed by atoms with E-state index in [0.717, 1.165) is 23.3 Å². The molecule has 7 rings (SSSR count). The fourth-order valence-electron chi connectivity index (χ4n) is 5.97. The Hall–Kier alpha value is -7.01. The van der Waals surface area contributed by atoms with Gasteiger partial charge in [-0.05, 0) is 89.5 Å². The molecule has 0 atom stereocenters. The third-order valence-corrected chi connectivity index (χ3v) is 11.4. The molecule has 18 nitrogen and oxygen atoms in total. The third-order valence-electron chi connectivity index (χ3n) is 8.82. The summed E-state index contributed by atoms with van der Waals surface area (Å²) >= 11 is 0. The first-order valence-corrected chi connectivity index (χ1v) is 21.1. The van der Waals surface area contributed by atoms with Crippen LogP contribution in [0.15, 0.2) is 156 Å². The van der Waals surface area contributed by atoms with Crippen LogP contribution in [0.5, 0.6) is 0 Å². The van der Waals surface area contributed by atoms with Gasteiger partial charge in [0, 0.05) is 16.5 Å². The number of ketones is 1. The number of allylic oxidation sites excluding steroid dienone is 1. The van der Waals surface area contributed by atoms with E-state index in [1.165, 1.54) is 18.2 Å². The van der Waals surface area contributed by atoms with E-state index in [1.807, 2.05) is 0 Å². The van der Waals surface area contributed by atoms with Gasteiger partial charge < -0.3 is 11.5 Å². The maximum atomic E-state index is 13.7. The fraction of sp³-hybridized carbons (Fsp3) is 0. The largest absolute Gasteiger partial charge is 0.398 e. The molecule has 0 unspecified atom stereocenters. The molecule has 0 spiro atoms. The van der Waals surface area contributed by atoms with E-state index < -0.39 is 68.6 Å². The molecule has 1 aliphatic carbocycles. The second-order valence-corrected chi connectivity index (χ2v) is 16.9. The van der Waals surface area contributed by atoms with Gasteiger partial charge in [-0.3, -0.25) is 23.9 Å². The minimum Gasteiger partial charge on any atom is -0.398 e. The average molecular weight is 853 g/mol. The van der Waals surface area contributed by atoms with E-state index in [1.54, 1.807) is 91.0 Å². The van der Waals surface area contributed by atoms with Crippen LogP contribution in [-0.4, -0.2) is 50.4 Å². The molecule has 0 saturated heterocycles. The number of carbonyl (C=O) groups is 1. The van der Waals surface area contributed by atoms with Crippen LogP contribution in [0.2, 0.25) is 0 Å². The van der Waals surface area contributed by atoms with Gasteiger partial charge in [0.15, 0.2) is 5.71 Å². The van der Waals surface area contributed by atoms with Crippen molar-refractivity contribution in [3.8, 4) is 11.1 Å². The normalized spacial score (nSPS) is 14.3. The lowest BCUT2D eigenvalue weighted by molar-refractivity contribution is 0.106. The number of hydrazone groups is 1. The zero-order chi connectivity index (χ0) is 42.3. The Labute approximate surface area is 335 Å². The second-order valence-electron chi connectivity index (χ2n) is 12.7. The third kappa shape index (κ3) is 8.50. The monoisotopic (exact) mass is 852 g/mol. The maximum absolute atomic E-state index is 13.7. The van der Waals surface area contributed by atoms with Crippen LogP contribution in [0, 0.1) is 0 Å². The van der Waals surface area contributed by atoms with Gasteiger partial charge in [0.05, 0.1) is 38.9 Å². The van der Waals surface area contributed by atoms with Crippen LogP contribution >= 0.6 is 0 Å². The van der Waals surface area contributed by atoms with E-state index in [-0.39, 0.29) is 21.8 Å². The van der Waals surface area contributed by atoms with Crippen molar-refractivity contribution >= 4 is 98.5 Å². The maximum Gasteiger partial charge on any atom is 0.296 e. The molecule has 0 aromatic heterocycles. The number of hydrogen-bond donors (Lipinski definition) is 6. The molecule has 0 heterocycles. The topological polar surface area (TPSA) is 306 Å². The molecule has 0 radical (unpaired) electrons. The lowest BCUT2D eigenvalue weighted by atomic mass is 9.92. The predicted molar refractivity (Wildman–Crippen MR) is 220 cm³/mol. The molecule has 59 heavy (non-hydrogen) atoms. The number of hydrogen-bond acceptors (Lipinski definition) is 15. The lowest BCUT2D eigenvalue weighted by Crippen LogP contribution is -2.28. The highest BCUT2D eigenvalue weighted by Crippen LogP contribution is 2.41. The number of nitrogens with zero attached hydrogens (tertiary/aromatic N) is 5. The van der Waals surface area contributed by atoms with Gasteiger partial charge >= 0.3 is 0 Å². The van der Waals surface area contributed by atoms with Crippen LogP contribution in [-0.2, 0) is 30.4 Å². The van der Waals surface area contributed by atoms with E-state index in [4.69, 9.17) is 11.5 Å². The van der Waals surface area contributed by atoms with Crippen molar-refractivity contribution in [2.45, 2.75) is 9.79 Å². The van der Waals surface area contributed by atoms with Crippen molar-refractivity contribution in [2.75, 3.05) is 16.9 Å². The summed E-state index contributed by atoms with van der Waals surface area (Å²) in [5.74, 6) is -1.10. The molecule has 8 N–H and O–H groups in total. The van der Waals surface area contributed by atoms with Crippen molar-refractivity contribution in [2.24, 2.45) is 25.6 Å². The van der Waals surface area contributed by atoms with Crippen LogP contribution in [0.4, 0.5) is 39.8 Å². The van der Waals surface area contributed by atoms with Crippen molar-refractivity contribution in [3.63, 3.8) is 0 Å². The van der Waals surface area contributed by atoms with Gasteiger partial charge in [0.2, 0.25) is 5.78 Å². The molecule has 0 amide bonds. The first-order chi connectivity index (χ1) is 27.9. The summed E-state index contributed by atoms with van der Waals surface area (Å²) in [5, 5.41) is 21.4. The molecule has 0 fully saturated rings. The van der Waals surface area contributed by atoms with Crippen LogP contribution in [0.1, 0.15) is 15.9 Å². The smallest absolute Gasteiger partial charge is 0.296 e. The quantitative estimate of drug-likeness (QED) is 0.0331. The first-order valence-electron chi connectivity index (χ1n) is 16.8. The molecule has 298 valence electrons. The summed E-state index contributed by atoms with van der Waals surface area (Å²) in [7, 11) is -14.6. The molecular formula is C38H28N8O10S3. The number of Topliss-reactive ketones (excluding diaryl/α,β-unsaturated/α-hetero) is 1. The molecular weight excluding hydrogens is 825 g/mol. The number of azo groups is 2. The minimum atomic E-state index is -5.09. The summed E-state index contributed by atoms with van der Waals surface area (Å²) < 4.78 is 102. The lowest BCUT2D eigenvalue weighted by Gasteiger charge is -2.20. The number of carbonyl (C=O) groups excluding carboxylic acids is 1. The van der Waals surface area contributed by atoms with Gasteiger partial charge in [0.25, 0.3) is 30.4 Å². The van der Waals surface area contributed by atoms with Crippen LogP contribution < -0.4 is 16.9 Å². The van der Waals surface area contributed by atoms with E-state index in [2.05, 4.69) is 31.0 Å². The Kier molecular flexibility index (Phi) is 10.5. The molecule has 21 heteroatoms. The first kappa shape index (κ1) is 40.2. The van der Waals surface area contributed by atoms with Gasteiger partial charge in [-0.2, -0.15) is 40.6 Å². The summed E-state index contributed by atoms with van der Waals surface area (Å²) in [6.45, 7) is 0. The van der Waals surface area contributed by atoms with Crippen molar-refractivity contribution < 1.29 is 43.7 Å². The fourth-order valence-corrected chi connectivity index (χ4v) is 7.81. The Morgan fingerprint density at radius 2 is 1.20 bits per heavy atom. The zero-order valence-electron chi connectivity index (χ0n) is 29.9. The molecule has 6 aromatic carbocycles. The molecule has 0 aliphatic heterocycles. The second kappa shape index (κ2) is 15.4. The number of anilines is 3. The summed E-state index contributed by atoms with van der Waals surface area (Å²) in [6.07, 6.45) is 0.797. The number of benzene rings is 6. The van der Waals surface area contributed by atoms with Gasteiger partial charge in [-0.15, -0.1) is 10.2 Å². The highest BCUT2D eigenvalue weighted by Gasteiger charge is 2.37. The SMILES string of the molecule is Nc1c(N=Nc2ccc(-c3ccc(N=Nc4ccc(N)c5cc(S(=O)(=O)O)ccc45)cc3)cc2)c(S(=O)(=O)O)cc2c1C(=O)/C(=N\Nc1ccccc1)C(S(=O)(=O)O)=C2. The number of nitrogen functional groups attached to an aromatic ring is 2. The van der Waals surface area contributed by atoms with Crippen LogP contribution in [0.25, 0.3) is 28.0 Å². The standard InChI is InChI=1S/C38H28N8O10S3/c39-30-16-17-31(28-15-14-27(20-29(28)30)57(48,49)50)44-41-25-10-6-21(7-11-25)22-8-12-26(13-9-22)43-45-36-32(58(51,52)53)18-23-19-33(59(54,55)56)37(38(47)34(23)35(36)40)46-42-24-4-2-1-3-5-24/h1-20,42H,39-40H2,(H,48,49,50)(H,51,52,53)(H,54,55,56)/b44-41?,45-43?,46-37-. The molecule has 0 bridgehead atoms. The highest BCUT2D eigenvalue weighted by molar-refractivity contribution is 7.91. The van der Waals surface area contributed by atoms with Crippen molar-refractivity contribution in [1.29, 1.82) is 0 Å². The number of nitrogens with one attached hydrogen (secondary N) is 1. The van der Waals surface area contributed by atoms with E-state index >= 15 is 0 Å². The van der Waals surface area contributed by atoms with Crippen molar-refractivity contribution in [1.82, 2.24) is 0 Å². The van der Waals surface area contributed by atoms with Crippen molar-refractivity contribution in [3.05, 3.63) is 131 Å². The number of nitrogens with two attached hydrogens (primary N) is 2. The average Bonchev–Trinajstić information content (AvgIpc) is 3.19. The van der Waals surface area contributed by atoms with Gasteiger partial charge in [-0.25, -0.2) is 0 Å². The number of para-hydroxylation sites is 1. The Bertz CT molecular complexity index is 3170. The predicted octanol–water partition coefficient (Wildman–Crippen LogP) is 7.89. The van der Waals surface area contributed by atoms with Crippen LogP contribution in [0.3, 0.4) is 0 Å². The van der Waals surface area contributed by atoms with E-state index in [9.17, 15) is 43.7 Å². The van der Waals surface area contributed by atoms with Gasteiger partial charge in [-0.1, -0.05) is 48.5 Å². The van der Waals surface area contributed by atoms with Gasteiger partial charge in [0.1, 0.15) is 15.5 Å². The Morgan fingerprint density at radius 3 is 1.78 bits per heavy atom. The molecule has 1 aliphatic rings. The zero-order valence-corrected chi connectivity index (χ0v) is 32.3. The Morgan fingerprint density at radius 1 is 0.593 bits per heavy atom. The Balaban J connectivity index is 1.14. The summed E-state index contributed by atoms with van der Waals surface area (Å²) in [4.78, 5) is 11.6.